The Kier molecular flexibility index (Phi) is 2.83. The third kappa shape index (κ3) is 1.78. The van der Waals surface area contributed by atoms with Gasteiger partial charge in [0.2, 0.25) is 0 Å². The van der Waals surface area contributed by atoms with Gasteiger partial charge in [0.05, 0.1) is 0 Å². The number of ether oxygens (including phenoxy) is 1. The van der Waals surface area contributed by atoms with Gasteiger partial charge in [-0.2, -0.15) is 0 Å². The monoisotopic (exact) mass is 224 g/mol. The van der Waals surface area contributed by atoms with E-state index in [1.165, 1.54) is 6.92 Å². The Bertz CT molecular complexity index is 297. The molecular formula is C7H6Cl2O4. The third-order valence-corrected chi connectivity index (χ3v) is 2.56. The highest BCUT2D eigenvalue weighted by molar-refractivity contribution is 6.42. The highest BCUT2D eigenvalue weighted by atomic mass is 35.5. The van der Waals surface area contributed by atoms with Gasteiger partial charge in [0, 0.05) is 0 Å². The average molecular weight is 225 g/mol. The van der Waals surface area contributed by atoms with Gasteiger partial charge < -0.3 is 9.84 Å². The molecule has 0 spiro atoms. The van der Waals surface area contributed by atoms with Crippen LogP contribution in [0.5, 0.6) is 0 Å². The van der Waals surface area contributed by atoms with E-state index in [1.807, 2.05) is 0 Å². The van der Waals surface area contributed by atoms with Gasteiger partial charge in [-0.3, -0.25) is 4.79 Å². The number of halogens is 2. The predicted octanol–water partition coefficient (Wildman–Crippen LogP) is 1.12. The summed E-state index contributed by atoms with van der Waals surface area (Å²) in [6.45, 7) is 1.51. The van der Waals surface area contributed by atoms with Gasteiger partial charge in [-0.25, -0.2) is 4.79 Å². The normalized spacial score (nSPS) is 24.5. The topological polar surface area (TPSA) is 63.6 Å². The maximum absolute atomic E-state index is 10.9. The van der Waals surface area contributed by atoms with Crippen LogP contribution in [0.25, 0.3) is 0 Å². The summed E-state index contributed by atoms with van der Waals surface area (Å²) < 4.78 is 4.65. The molecule has 0 radical (unpaired) electrons. The standard InChI is InChI=1S/C7H6Cl2O4/c1-2-3(8)7(12)13-5(2)4(9)6(10)11/h4-5H,1H3,(H,10,11). The molecule has 4 nitrogen and oxygen atoms in total. The molecule has 0 saturated carbocycles. The second-order valence-electron chi connectivity index (χ2n) is 2.56. The van der Waals surface area contributed by atoms with Crippen LogP contribution >= 0.6 is 23.2 Å². The lowest BCUT2D eigenvalue weighted by Gasteiger charge is -2.13. The fraction of sp³-hybridized carbons (Fsp3) is 0.429. The van der Waals surface area contributed by atoms with E-state index >= 15 is 0 Å². The maximum Gasteiger partial charge on any atom is 0.350 e. The number of carboxylic acids is 1. The third-order valence-electron chi connectivity index (χ3n) is 1.69. The molecule has 0 aliphatic carbocycles. The average Bonchev–Trinajstić information content (AvgIpc) is 2.31. The van der Waals surface area contributed by atoms with Crippen molar-refractivity contribution in [2.75, 3.05) is 0 Å². The van der Waals surface area contributed by atoms with Crippen molar-refractivity contribution >= 4 is 35.1 Å². The zero-order valence-corrected chi connectivity index (χ0v) is 8.09. The minimum absolute atomic E-state index is 0.0862. The smallest absolute Gasteiger partial charge is 0.350 e. The summed E-state index contributed by atoms with van der Waals surface area (Å²) in [6.07, 6.45) is -0.959. The van der Waals surface area contributed by atoms with Crippen LogP contribution in [0.15, 0.2) is 10.6 Å². The largest absolute Gasteiger partial charge is 0.480 e. The minimum Gasteiger partial charge on any atom is -0.480 e. The summed E-state index contributed by atoms with van der Waals surface area (Å²) >= 11 is 11.0. The molecule has 0 amide bonds. The lowest BCUT2D eigenvalue weighted by atomic mass is 10.1. The first-order chi connectivity index (χ1) is 5.95. The molecule has 1 N–H and O–H groups in total. The van der Waals surface area contributed by atoms with Gasteiger partial charge in [0.15, 0.2) is 11.5 Å². The maximum atomic E-state index is 10.9. The molecule has 72 valence electrons. The van der Waals surface area contributed by atoms with E-state index in [-0.39, 0.29) is 5.03 Å². The Hall–Kier alpha value is -0.740. The second-order valence-corrected chi connectivity index (χ2v) is 3.41. The molecular weight excluding hydrogens is 219 g/mol. The second kappa shape index (κ2) is 3.55. The van der Waals surface area contributed by atoms with Crippen molar-refractivity contribution in [3.05, 3.63) is 10.6 Å². The lowest BCUT2D eigenvalue weighted by Crippen LogP contribution is -2.30. The SMILES string of the molecule is CC1=C(Cl)C(=O)OC1C(Cl)C(=O)O. The Morgan fingerprint density at radius 3 is 2.54 bits per heavy atom. The van der Waals surface area contributed by atoms with E-state index in [0.29, 0.717) is 5.57 Å². The fourth-order valence-corrected chi connectivity index (χ4v) is 1.34. The van der Waals surface area contributed by atoms with Gasteiger partial charge >= 0.3 is 11.9 Å². The highest BCUT2D eigenvalue weighted by Gasteiger charge is 2.38. The summed E-state index contributed by atoms with van der Waals surface area (Å²) in [7, 11) is 0. The number of alkyl halides is 1. The van der Waals surface area contributed by atoms with E-state index < -0.39 is 23.4 Å². The van der Waals surface area contributed by atoms with Crippen LogP contribution in [0.3, 0.4) is 0 Å². The molecule has 1 aliphatic rings. The van der Waals surface area contributed by atoms with Crippen LogP contribution in [-0.4, -0.2) is 28.5 Å². The van der Waals surface area contributed by atoms with Gasteiger partial charge in [-0.15, -0.1) is 11.6 Å². The molecule has 0 aromatic carbocycles. The molecule has 1 rings (SSSR count). The van der Waals surface area contributed by atoms with Crippen molar-refractivity contribution in [3.8, 4) is 0 Å². The summed E-state index contributed by atoms with van der Waals surface area (Å²) in [5.41, 5.74) is 0.356. The molecule has 2 unspecified atom stereocenters. The lowest BCUT2D eigenvalue weighted by molar-refractivity contribution is -0.144. The molecule has 0 saturated heterocycles. The molecule has 13 heavy (non-hydrogen) atoms. The number of cyclic esters (lactones) is 1. The van der Waals surface area contributed by atoms with Crippen molar-refractivity contribution in [1.82, 2.24) is 0 Å². The Morgan fingerprint density at radius 1 is 1.69 bits per heavy atom. The van der Waals surface area contributed by atoms with Gasteiger partial charge in [0.1, 0.15) is 5.03 Å². The summed E-state index contributed by atoms with van der Waals surface area (Å²) in [6, 6.07) is 0. The van der Waals surface area contributed by atoms with Crippen LogP contribution in [0.2, 0.25) is 0 Å². The summed E-state index contributed by atoms with van der Waals surface area (Å²) in [4.78, 5) is 21.3. The van der Waals surface area contributed by atoms with E-state index in [2.05, 4.69) is 4.74 Å². The molecule has 6 heteroatoms. The molecule has 0 aromatic heterocycles. The number of esters is 1. The van der Waals surface area contributed by atoms with Crippen LogP contribution < -0.4 is 0 Å². The van der Waals surface area contributed by atoms with Gasteiger partial charge in [-0.1, -0.05) is 11.6 Å². The van der Waals surface area contributed by atoms with Crippen molar-refractivity contribution < 1.29 is 19.4 Å². The van der Waals surface area contributed by atoms with Gasteiger partial charge in [-0.05, 0) is 12.5 Å². The van der Waals surface area contributed by atoms with E-state index in [1.54, 1.807) is 0 Å². The number of carbonyl (C=O) groups is 2. The first-order valence-electron chi connectivity index (χ1n) is 3.39. The number of hydrogen-bond donors (Lipinski definition) is 1. The number of carboxylic acid groups (broad SMARTS) is 1. The zero-order chi connectivity index (χ0) is 10.2. The van der Waals surface area contributed by atoms with Crippen molar-refractivity contribution in [2.45, 2.75) is 18.4 Å². The zero-order valence-electron chi connectivity index (χ0n) is 6.58. The summed E-state index contributed by atoms with van der Waals surface area (Å²) in [5, 5.41) is 7.17. The van der Waals surface area contributed by atoms with Gasteiger partial charge in [0.25, 0.3) is 0 Å². The molecule has 0 fully saturated rings. The minimum atomic E-state index is -1.29. The molecule has 2 atom stereocenters. The van der Waals surface area contributed by atoms with Crippen LogP contribution in [0.4, 0.5) is 0 Å². The van der Waals surface area contributed by atoms with E-state index in [9.17, 15) is 9.59 Å². The van der Waals surface area contributed by atoms with Crippen molar-refractivity contribution in [3.63, 3.8) is 0 Å². The molecule has 0 bridgehead atoms. The predicted molar refractivity (Wildman–Crippen MR) is 45.7 cm³/mol. The first kappa shape index (κ1) is 10.3. The number of aliphatic carboxylic acids is 1. The first-order valence-corrected chi connectivity index (χ1v) is 4.20. The van der Waals surface area contributed by atoms with Crippen LogP contribution in [0.1, 0.15) is 6.92 Å². The van der Waals surface area contributed by atoms with Crippen molar-refractivity contribution in [2.24, 2.45) is 0 Å². The number of rotatable bonds is 2. The molecule has 0 aromatic rings. The Labute approximate surface area is 84.1 Å². The molecule has 1 aliphatic heterocycles. The van der Waals surface area contributed by atoms with Crippen molar-refractivity contribution in [1.29, 1.82) is 0 Å². The molecule has 1 heterocycles. The number of hydrogen-bond acceptors (Lipinski definition) is 3. The summed E-state index contributed by atoms with van der Waals surface area (Å²) in [5.74, 6) is -1.97. The van der Waals surface area contributed by atoms with E-state index in [4.69, 9.17) is 28.3 Å². The van der Waals surface area contributed by atoms with Crippen LogP contribution in [0, 0.1) is 0 Å². The Morgan fingerprint density at radius 2 is 2.23 bits per heavy atom. The quantitative estimate of drug-likeness (QED) is 0.564. The highest BCUT2D eigenvalue weighted by Crippen LogP contribution is 2.29. The van der Waals surface area contributed by atoms with E-state index in [0.717, 1.165) is 0 Å². The Balaban J connectivity index is 2.88. The fourth-order valence-electron chi connectivity index (χ4n) is 0.950. The number of carbonyl (C=O) groups excluding carboxylic acids is 1. The van der Waals surface area contributed by atoms with Crippen LogP contribution in [-0.2, 0) is 14.3 Å².